The molecule has 1 saturated heterocycles. The molecule has 9 nitrogen and oxygen atoms in total. The highest BCUT2D eigenvalue weighted by Crippen LogP contribution is 2.48. The summed E-state index contributed by atoms with van der Waals surface area (Å²) in [4.78, 5) is 39.7. The van der Waals surface area contributed by atoms with Crippen molar-refractivity contribution < 1.29 is 14.3 Å². The highest BCUT2D eigenvalue weighted by atomic mass is 16.6. The Hall–Kier alpha value is -3.46. The molecule has 3 heterocycles. The summed E-state index contributed by atoms with van der Waals surface area (Å²) in [6.07, 6.45) is 5.85. The van der Waals surface area contributed by atoms with Crippen molar-refractivity contribution in [2.24, 2.45) is 5.92 Å². The van der Waals surface area contributed by atoms with Gasteiger partial charge in [-0.2, -0.15) is 4.98 Å². The molecule has 9 heteroatoms. The van der Waals surface area contributed by atoms with E-state index in [2.05, 4.69) is 59.9 Å². The first-order chi connectivity index (χ1) is 18.7. The van der Waals surface area contributed by atoms with Crippen LogP contribution in [0.25, 0.3) is 0 Å². The molecule has 0 bridgehead atoms. The van der Waals surface area contributed by atoms with Crippen LogP contribution < -0.4 is 10.2 Å². The van der Waals surface area contributed by atoms with E-state index in [1.54, 1.807) is 11.1 Å². The number of aromatic nitrogens is 2. The quantitative estimate of drug-likeness (QED) is 0.461. The number of nitrogens with one attached hydrogen (secondary N) is 1. The van der Waals surface area contributed by atoms with Crippen LogP contribution in [0.2, 0.25) is 0 Å². The van der Waals surface area contributed by atoms with Crippen molar-refractivity contribution >= 4 is 23.8 Å². The van der Waals surface area contributed by atoms with E-state index in [4.69, 9.17) is 9.72 Å². The average Bonchev–Trinajstić information content (AvgIpc) is 3.71. The number of fused-ring (bicyclic) bond motifs is 1. The minimum atomic E-state index is -0.372. The van der Waals surface area contributed by atoms with Crippen molar-refractivity contribution in [2.75, 3.05) is 36.4 Å². The summed E-state index contributed by atoms with van der Waals surface area (Å²) < 4.78 is 5.28. The lowest BCUT2D eigenvalue weighted by molar-refractivity contribution is -0.128. The summed E-state index contributed by atoms with van der Waals surface area (Å²) in [5, 5.41) is 3.58. The molecule has 1 N–H and O–H groups in total. The van der Waals surface area contributed by atoms with Crippen LogP contribution >= 0.6 is 0 Å². The number of hydrogen-bond donors (Lipinski definition) is 1. The number of amides is 2. The predicted octanol–water partition coefficient (Wildman–Crippen LogP) is 4.86. The molecule has 0 radical (unpaired) electrons. The molecule has 208 valence electrons. The van der Waals surface area contributed by atoms with Gasteiger partial charge in [-0.15, -0.1) is 0 Å². The number of carbonyl (C=O) groups is 2. The van der Waals surface area contributed by atoms with Gasteiger partial charge in [0, 0.05) is 44.5 Å². The topological polar surface area (TPSA) is 90.9 Å². The second-order valence-corrected chi connectivity index (χ2v) is 11.6. The smallest absolute Gasteiger partial charge is 0.416 e. The van der Waals surface area contributed by atoms with Crippen molar-refractivity contribution in [3.05, 3.63) is 59.8 Å². The van der Waals surface area contributed by atoms with E-state index in [1.165, 1.54) is 17.2 Å². The maximum atomic E-state index is 12.4. The Morgan fingerprint density at radius 1 is 1.13 bits per heavy atom. The predicted molar refractivity (Wildman–Crippen MR) is 151 cm³/mol. The van der Waals surface area contributed by atoms with Gasteiger partial charge in [0.25, 0.3) is 0 Å². The second kappa shape index (κ2) is 11.0. The molecule has 1 saturated carbocycles. The molecule has 1 aromatic heterocycles. The number of cyclic esters (lactones) is 1. The van der Waals surface area contributed by atoms with Gasteiger partial charge in [0.1, 0.15) is 12.4 Å². The number of anilines is 2. The monoisotopic (exact) mass is 532 g/mol. The van der Waals surface area contributed by atoms with E-state index < -0.39 is 0 Å². The van der Waals surface area contributed by atoms with Crippen LogP contribution in [0, 0.1) is 5.92 Å². The number of carbonyl (C=O) groups excluding carboxylic acids is 2. The third kappa shape index (κ3) is 5.64. The summed E-state index contributed by atoms with van der Waals surface area (Å²) >= 11 is 0. The zero-order chi connectivity index (χ0) is 27.7. The van der Waals surface area contributed by atoms with Crippen LogP contribution in [0.5, 0.6) is 0 Å². The number of hydrogen-bond acceptors (Lipinski definition) is 7. The van der Waals surface area contributed by atoms with Crippen LogP contribution in [0.1, 0.15) is 69.7 Å². The zero-order valence-corrected chi connectivity index (χ0v) is 23.5. The Kier molecular flexibility index (Phi) is 7.62. The first-order valence-electron chi connectivity index (χ1n) is 14.1. The molecule has 2 fully saturated rings. The Balaban J connectivity index is 1.32. The van der Waals surface area contributed by atoms with Gasteiger partial charge < -0.3 is 15.0 Å². The normalized spacial score (nSPS) is 19.5. The number of rotatable bonds is 9. The summed E-state index contributed by atoms with van der Waals surface area (Å²) in [6.45, 7) is 15.4. The fourth-order valence-electron chi connectivity index (χ4n) is 5.69. The highest BCUT2D eigenvalue weighted by Gasteiger charge is 2.45. The average molecular weight is 533 g/mol. The molecule has 1 unspecified atom stereocenters. The zero-order valence-electron chi connectivity index (χ0n) is 23.5. The molecular formula is C30H40N6O3. The lowest BCUT2D eigenvalue weighted by Gasteiger charge is -2.40. The largest absolute Gasteiger partial charge is 0.444 e. The second-order valence-electron chi connectivity index (χ2n) is 11.6. The number of benzene rings is 1. The molecule has 0 spiro atoms. The molecule has 1 atom stereocenters. The van der Waals surface area contributed by atoms with E-state index in [0.717, 1.165) is 51.0 Å². The van der Waals surface area contributed by atoms with Crippen LogP contribution in [0.3, 0.4) is 0 Å². The van der Waals surface area contributed by atoms with Gasteiger partial charge in [0.2, 0.25) is 11.9 Å². The van der Waals surface area contributed by atoms with E-state index in [-0.39, 0.29) is 30.2 Å². The standard InChI is InChI=1S/C30H40N6O3/c1-6-26(37)35-15-13-34(14-16-35)25(17-20(2)3)22-7-9-24(10-8-22)30(11-12-30)33-28-31-18-23-19-39-29(38)36(21(4)5)27(23)32-28/h6-10,18,20-21,25H,1,11-17,19H2,2-5H3,(H,31,32,33). The van der Waals surface area contributed by atoms with Crippen molar-refractivity contribution in [1.29, 1.82) is 0 Å². The molecule has 3 aliphatic rings. The molecule has 39 heavy (non-hydrogen) atoms. The lowest BCUT2D eigenvalue weighted by Crippen LogP contribution is -2.49. The van der Waals surface area contributed by atoms with E-state index in [1.807, 2.05) is 18.7 Å². The molecule has 5 rings (SSSR count). The van der Waals surface area contributed by atoms with Crippen LogP contribution in [0.15, 0.2) is 43.1 Å². The summed E-state index contributed by atoms with van der Waals surface area (Å²) in [5.41, 5.74) is 3.14. The summed E-state index contributed by atoms with van der Waals surface area (Å²) in [5.74, 6) is 1.72. The van der Waals surface area contributed by atoms with Gasteiger partial charge in [-0.3, -0.25) is 14.6 Å². The van der Waals surface area contributed by atoms with Crippen molar-refractivity contribution in [3.8, 4) is 0 Å². The van der Waals surface area contributed by atoms with E-state index >= 15 is 0 Å². The number of nitrogens with zero attached hydrogens (tertiary/aromatic N) is 5. The maximum absolute atomic E-state index is 12.4. The third-order valence-electron chi connectivity index (χ3n) is 8.02. The van der Waals surface area contributed by atoms with Gasteiger partial charge in [0.05, 0.1) is 11.1 Å². The Labute approximate surface area is 231 Å². The minimum absolute atomic E-state index is 0.0152. The molecule has 2 aliphatic heterocycles. The van der Waals surface area contributed by atoms with Crippen LogP contribution in [0.4, 0.5) is 16.6 Å². The number of piperazine rings is 1. The lowest BCUT2D eigenvalue weighted by atomic mass is 9.93. The minimum Gasteiger partial charge on any atom is -0.444 e. The van der Waals surface area contributed by atoms with Crippen molar-refractivity contribution in [2.45, 2.75) is 71.2 Å². The Bertz CT molecular complexity index is 1220. The molecule has 1 aliphatic carbocycles. The molecular weight excluding hydrogens is 492 g/mol. The van der Waals surface area contributed by atoms with Gasteiger partial charge in [0.15, 0.2) is 0 Å². The van der Waals surface area contributed by atoms with E-state index in [9.17, 15) is 9.59 Å². The fourth-order valence-corrected chi connectivity index (χ4v) is 5.69. The summed E-state index contributed by atoms with van der Waals surface area (Å²) in [6, 6.07) is 9.23. The van der Waals surface area contributed by atoms with E-state index in [0.29, 0.717) is 23.7 Å². The molecule has 1 aromatic carbocycles. The fraction of sp³-hybridized carbons (Fsp3) is 0.533. The third-order valence-corrected chi connectivity index (χ3v) is 8.02. The Morgan fingerprint density at radius 2 is 1.82 bits per heavy atom. The maximum Gasteiger partial charge on any atom is 0.416 e. The van der Waals surface area contributed by atoms with Crippen LogP contribution in [-0.4, -0.2) is 64.0 Å². The highest BCUT2D eigenvalue weighted by molar-refractivity contribution is 5.89. The van der Waals surface area contributed by atoms with Gasteiger partial charge in [-0.25, -0.2) is 9.78 Å². The molecule has 2 amide bonds. The van der Waals surface area contributed by atoms with Gasteiger partial charge in [-0.05, 0) is 56.2 Å². The molecule has 2 aromatic rings. The van der Waals surface area contributed by atoms with Crippen molar-refractivity contribution in [1.82, 2.24) is 19.8 Å². The van der Waals surface area contributed by atoms with Gasteiger partial charge >= 0.3 is 6.09 Å². The summed E-state index contributed by atoms with van der Waals surface area (Å²) in [7, 11) is 0. The Morgan fingerprint density at radius 3 is 2.41 bits per heavy atom. The number of ether oxygens (including phenoxy) is 1. The first kappa shape index (κ1) is 27.1. The van der Waals surface area contributed by atoms with Crippen LogP contribution in [-0.2, 0) is 21.7 Å². The first-order valence-corrected chi connectivity index (χ1v) is 14.1. The van der Waals surface area contributed by atoms with Crippen molar-refractivity contribution in [3.63, 3.8) is 0 Å². The SMILES string of the molecule is C=CC(=O)N1CCN(C(CC(C)C)c2ccc(C3(Nc4ncc5c(n4)N(C(C)C)C(=O)OC5)CC3)cc2)CC1. The van der Waals surface area contributed by atoms with Gasteiger partial charge in [-0.1, -0.05) is 44.7 Å².